The van der Waals surface area contributed by atoms with E-state index in [-0.39, 0.29) is 29.7 Å². The number of hydrogen-bond donors (Lipinski definition) is 0. The summed E-state index contributed by atoms with van der Waals surface area (Å²) in [6, 6.07) is 14.9. The predicted octanol–water partition coefficient (Wildman–Crippen LogP) is 4.06. The van der Waals surface area contributed by atoms with Gasteiger partial charge in [-0.1, -0.05) is 29.4 Å². The predicted molar refractivity (Wildman–Crippen MR) is 129 cm³/mol. The molecular weight excluding hydrogens is 452 g/mol. The largest absolute Gasteiger partial charge is 0.497 e. The minimum atomic E-state index is -3.16. The molecule has 1 aliphatic heterocycles. The lowest BCUT2D eigenvalue weighted by atomic mass is 9.90. The molecule has 0 bridgehead atoms. The molecule has 8 heteroatoms. The van der Waals surface area contributed by atoms with E-state index in [2.05, 4.69) is 17.3 Å². The summed E-state index contributed by atoms with van der Waals surface area (Å²) in [5, 5.41) is 4.07. The summed E-state index contributed by atoms with van der Waals surface area (Å²) in [7, 11) is -1.57. The standard InChI is InChI=1S/C26H28N2O5S/c1-32-23-10-6-18(7-11-23)16-28(22-12-13-34(30,31)17-22)26(29)24-15-25(33-27-24)21-9-8-19-4-2-3-5-20(19)14-21/h6-11,14-15,22H,2-5,12-13,16-17H2,1H3. The molecule has 34 heavy (non-hydrogen) atoms. The molecule has 1 aliphatic carbocycles. The second-order valence-electron chi connectivity index (χ2n) is 9.10. The van der Waals surface area contributed by atoms with Gasteiger partial charge < -0.3 is 14.2 Å². The van der Waals surface area contributed by atoms with Gasteiger partial charge in [0.2, 0.25) is 0 Å². The van der Waals surface area contributed by atoms with Gasteiger partial charge in [0, 0.05) is 24.2 Å². The van der Waals surface area contributed by atoms with Crippen LogP contribution in [0.1, 0.15) is 46.4 Å². The highest BCUT2D eigenvalue weighted by molar-refractivity contribution is 7.91. The van der Waals surface area contributed by atoms with E-state index >= 15 is 0 Å². The molecule has 0 spiro atoms. The zero-order valence-corrected chi connectivity index (χ0v) is 20.0. The number of nitrogens with zero attached hydrogens (tertiary/aromatic N) is 2. The monoisotopic (exact) mass is 480 g/mol. The summed E-state index contributed by atoms with van der Waals surface area (Å²) < 4.78 is 35.1. The van der Waals surface area contributed by atoms with Crippen molar-refractivity contribution in [1.82, 2.24) is 10.1 Å². The van der Waals surface area contributed by atoms with Crippen LogP contribution in [0.5, 0.6) is 5.75 Å². The number of benzene rings is 2. The van der Waals surface area contributed by atoms with Crippen molar-refractivity contribution in [3.63, 3.8) is 0 Å². The highest BCUT2D eigenvalue weighted by Crippen LogP contribution is 2.29. The number of ether oxygens (including phenoxy) is 1. The smallest absolute Gasteiger partial charge is 0.276 e. The van der Waals surface area contributed by atoms with Crippen LogP contribution in [0.3, 0.4) is 0 Å². The summed E-state index contributed by atoms with van der Waals surface area (Å²) in [4.78, 5) is 15.1. The summed E-state index contributed by atoms with van der Waals surface area (Å²) >= 11 is 0. The molecular formula is C26H28N2O5S. The van der Waals surface area contributed by atoms with Crippen molar-refractivity contribution >= 4 is 15.7 Å². The van der Waals surface area contributed by atoms with Crippen LogP contribution in [-0.4, -0.2) is 49.0 Å². The minimum Gasteiger partial charge on any atom is -0.497 e. The van der Waals surface area contributed by atoms with Gasteiger partial charge in [-0.25, -0.2) is 8.42 Å². The average molecular weight is 481 g/mol. The van der Waals surface area contributed by atoms with Crippen molar-refractivity contribution in [1.29, 1.82) is 0 Å². The Hall–Kier alpha value is -3.13. The quantitative estimate of drug-likeness (QED) is 0.529. The topological polar surface area (TPSA) is 89.7 Å². The molecule has 0 saturated carbocycles. The third-order valence-corrected chi connectivity index (χ3v) is 8.53. The third kappa shape index (κ3) is 4.73. The van der Waals surface area contributed by atoms with Crippen molar-refractivity contribution in [3.05, 3.63) is 70.9 Å². The van der Waals surface area contributed by atoms with Crippen LogP contribution in [0, 0.1) is 0 Å². The van der Waals surface area contributed by atoms with Gasteiger partial charge in [0.05, 0.1) is 18.6 Å². The number of carbonyl (C=O) groups is 1. The maximum absolute atomic E-state index is 13.5. The number of aromatic nitrogens is 1. The zero-order chi connectivity index (χ0) is 23.7. The van der Waals surface area contributed by atoms with Crippen molar-refractivity contribution < 1.29 is 22.5 Å². The van der Waals surface area contributed by atoms with E-state index in [9.17, 15) is 13.2 Å². The Morgan fingerprint density at radius 2 is 1.85 bits per heavy atom. The Kier molecular flexibility index (Phi) is 6.16. The third-order valence-electron chi connectivity index (χ3n) is 6.78. The van der Waals surface area contributed by atoms with Gasteiger partial charge in [0.25, 0.3) is 5.91 Å². The molecule has 1 fully saturated rings. The van der Waals surface area contributed by atoms with Crippen LogP contribution in [-0.2, 0) is 29.2 Å². The molecule has 1 unspecified atom stereocenters. The Bertz CT molecular complexity index is 1300. The first-order valence-corrected chi connectivity index (χ1v) is 13.5. The maximum atomic E-state index is 13.5. The number of sulfone groups is 1. The van der Waals surface area contributed by atoms with E-state index < -0.39 is 15.9 Å². The molecule has 1 amide bonds. The number of amides is 1. The SMILES string of the molecule is COc1ccc(CN(C(=O)c2cc(-c3ccc4c(c3)CCCC4)on2)C2CCS(=O)(=O)C2)cc1. The second kappa shape index (κ2) is 9.25. The normalized spacial score (nSPS) is 18.9. The average Bonchev–Trinajstić information content (AvgIpc) is 3.49. The van der Waals surface area contributed by atoms with Gasteiger partial charge in [-0.2, -0.15) is 0 Å². The summed E-state index contributed by atoms with van der Waals surface area (Å²) in [5.41, 5.74) is 4.67. The number of aryl methyl sites for hydroxylation is 2. The van der Waals surface area contributed by atoms with Gasteiger partial charge in [0.1, 0.15) is 5.75 Å². The summed E-state index contributed by atoms with van der Waals surface area (Å²) in [6.07, 6.45) is 4.96. The Morgan fingerprint density at radius 1 is 1.09 bits per heavy atom. The van der Waals surface area contributed by atoms with E-state index in [0.29, 0.717) is 12.2 Å². The van der Waals surface area contributed by atoms with E-state index in [4.69, 9.17) is 9.26 Å². The highest BCUT2D eigenvalue weighted by atomic mass is 32.2. The fourth-order valence-electron chi connectivity index (χ4n) is 4.86. The van der Waals surface area contributed by atoms with Crippen LogP contribution < -0.4 is 4.74 Å². The van der Waals surface area contributed by atoms with Crippen LogP contribution in [0.2, 0.25) is 0 Å². The summed E-state index contributed by atoms with van der Waals surface area (Å²) in [6.45, 7) is 0.282. The van der Waals surface area contributed by atoms with Crippen molar-refractivity contribution in [2.24, 2.45) is 0 Å². The molecule has 7 nitrogen and oxygen atoms in total. The molecule has 1 aromatic heterocycles. The molecule has 0 radical (unpaired) electrons. The number of rotatable bonds is 6. The Balaban J connectivity index is 1.41. The molecule has 178 valence electrons. The molecule has 2 aromatic carbocycles. The van der Waals surface area contributed by atoms with Crippen LogP contribution >= 0.6 is 0 Å². The number of hydrogen-bond acceptors (Lipinski definition) is 6. The first-order valence-electron chi connectivity index (χ1n) is 11.6. The van der Waals surface area contributed by atoms with Crippen molar-refractivity contribution in [2.45, 2.75) is 44.7 Å². The zero-order valence-electron chi connectivity index (χ0n) is 19.2. The van der Waals surface area contributed by atoms with Gasteiger partial charge >= 0.3 is 0 Å². The van der Waals surface area contributed by atoms with Gasteiger partial charge in [0.15, 0.2) is 21.3 Å². The van der Waals surface area contributed by atoms with Crippen molar-refractivity contribution in [3.8, 4) is 17.1 Å². The van der Waals surface area contributed by atoms with Crippen LogP contribution in [0.4, 0.5) is 0 Å². The van der Waals surface area contributed by atoms with Crippen LogP contribution in [0.25, 0.3) is 11.3 Å². The molecule has 3 aromatic rings. The lowest BCUT2D eigenvalue weighted by Gasteiger charge is -2.27. The van der Waals surface area contributed by atoms with Crippen molar-refractivity contribution in [2.75, 3.05) is 18.6 Å². The minimum absolute atomic E-state index is 0.0373. The number of methoxy groups -OCH3 is 1. The van der Waals surface area contributed by atoms with E-state index in [1.165, 1.54) is 24.0 Å². The number of fused-ring (bicyclic) bond motifs is 1. The first kappa shape index (κ1) is 22.7. The molecule has 0 N–H and O–H groups in total. The second-order valence-corrected chi connectivity index (χ2v) is 11.3. The lowest BCUT2D eigenvalue weighted by molar-refractivity contribution is 0.0670. The van der Waals surface area contributed by atoms with Gasteiger partial charge in [-0.15, -0.1) is 0 Å². The molecule has 1 saturated heterocycles. The fourth-order valence-corrected chi connectivity index (χ4v) is 6.59. The Labute approximate surface area is 199 Å². The van der Waals surface area contributed by atoms with Crippen LogP contribution in [0.15, 0.2) is 53.1 Å². The van der Waals surface area contributed by atoms with Gasteiger partial charge in [-0.05, 0) is 67.0 Å². The van der Waals surface area contributed by atoms with E-state index in [1.807, 2.05) is 30.3 Å². The molecule has 5 rings (SSSR count). The van der Waals surface area contributed by atoms with E-state index in [0.717, 1.165) is 29.7 Å². The molecule has 2 heterocycles. The highest BCUT2D eigenvalue weighted by Gasteiger charge is 2.36. The molecule has 2 aliphatic rings. The molecule has 1 atom stereocenters. The maximum Gasteiger partial charge on any atom is 0.276 e. The Morgan fingerprint density at radius 3 is 2.56 bits per heavy atom. The summed E-state index contributed by atoms with van der Waals surface area (Å²) in [5.74, 6) is 0.982. The lowest BCUT2D eigenvalue weighted by Crippen LogP contribution is -2.40. The van der Waals surface area contributed by atoms with Gasteiger partial charge in [-0.3, -0.25) is 4.79 Å². The first-order chi connectivity index (χ1) is 16.4. The fraction of sp³-hybridized carbons (Fsp3) is 0.385. The number of carbonyl (C=O) groups excluding carboxylic acids is 1. The van der Waals surface area contributed by atoms with E-state index in [1.54, 1.807) is 18.1 Å².